The Labute approximate surface area is 176 Å². The van der Waals surface area contributed by atoms with Gasteiger partial charge in [-0.3, -0.25) is 4.90 Å². The fourth-order valence-electron chi connectivity index (χ4n) is 3.23. The smallest absolute Gasteiger partial charge is 0.175 e. The van der Waals surface area contributed by atoms with Crippen LogP contribution in [0.5, 0.6) is 11.5 Å². The molecule has 2 aromatic carbocycles. The second-order valence-corrected chi connectivity index (χ2v) is 7.72. The minimum Gasteiger partial charge on any atom is -0.493 e. The molecule has 0 aromatic heterocycles. The second kappa shape index (κ2) is 11.4. The maximum atomic E-state index is 6.00. The summed E-state index contributed by atoms with van der Waals surface area (Å²) in [6.07, 6.45) is 1.14. The summed E-state index contributed by atoms with van der Waals surface area (Å²) in [5.74, 6) is 1.48. The molecule has 0 amide bonds. The Kier molecular flexibility index (Phi) is 8.61. The van der Waals surface area contributed by atoms with Gasteiger partial charge in [0, 0.05) is 19.6 Å². The van der Waals surface area contributed by atoms with Crippen LogP contribution in [0, 0.1) is 0 Å². The molecule has 1 saturated heterocycles. The minimum atomic E-state index is 0.509. The third kappa shape index (κ3) is 6.48. The van der Waals surface area contributed by atoms with Crippen molar-refractivity contribution >= 4 is 15.9 Å². The third-order valence-electron chi connectivity index (χ3n) is 4.78. The van der Waals surface area contributed by atoms with E-state index in [1.54, 1.807) is 7.11 Å². The van der Waals surface area contributed by atoms with Gasteiger partial charge >= 0.3 is 0 Å². The average Bonchev–Trinajstić information content (AvgIpc) is 2.74. The lowest BCUT2D eigenvalue weighted by molar-refractivity contribution is 0.0374. The van der Waals surface area contributed by atoms with Gasteiger partial charge < -0.3 is 19.5 Å². The van der Waals surface area contributed by atoms with Gasteiger partial charge in [0.05, 0.1) is 24.8 Å². The van der Waals surface area contributed by atoms with Gasteiger partial charge in [-0.05, 0) is 58.7 Å². The Balaban J connectivity index is 1.47. The van der Waals surface area contributed by atoms with Crippen molar-refractivity contribution in [1.82, 2.24) is 10.2 Å². The normalized spacial score (nSPS) is 14.8. The number of halogens is 1. The van der Waals surface area contributed by atoms with Crippen LogP contribution in [0.15, 0.2) is 46.9 Å². The average molecular weight is 449 g/mol. The van der Waals surface area contributed by atoms with Gasteiger partial charge in [0.15, 0.2) is 11.5 Å². The zero-order valence-electron chi connectivity index (χ0n) is 16.5. The van der Waals surface area contributed by atoms with Crippen molar-refractivity contribution in [2.45, 2.75) is 19.6 Å². The lowest BCUT2D eigenvalue weighted by Gasteiger charge is -2.26. The quantitative estimate of drug-likeness (QED) is 0.559. The highest BCUT2D eigenvalue weighted by atomic mass is 79.9. The summed E-state index contributed by atoms with van der Waals surface area (Å²) >= 11 is 3.64. The van der Waals surface area contributed by atoms with Gasteiger partial charge in [-0.25, -0.2) is 0 Å². The van der Waals surface area contributed by atoms with E-state index in [1.807, 2.05) is 24.3 Å². The summed E-state index contributed by atoms with van der Waals surface area (Å²) < 4.78 is 17.9. The first-order valence-corrected chi connectivity index (χ1v) is 10.6. The fourth-order valence-corrected chi connectivity index (χ4v) is 3.83. The van der Waals surface area contributed by atoms with Crippen molar-refractivity contribution in [2.24, 2.45) is 0 Å². The Hall–Kier alpha value is -1.60. The Bertz CT molecular complexity index is 721. The number of nitrogens with one attached hydrogen (secondary N) is 1. The SMILES string of the molecule is COc1cc(CNCCCN2CCOCC2)cc(Br)c1OCc1ccccc1. The summed E-state index contributed by atoms with van der Waals surface area (Å²) in [4.78, 5) is 2.46. The lowest BCUT2D eigenvalue weighted by Crippen LogP contribution is -2.37. The van der Waals surface area contributed by atoms with E-state index in [-0.39, 0.29) is 0 Å². The summed E-state index contributed by atoms with van der Waals surface area (Å²) in [7, 11) is 1.68. The number of hydrogen-bond donors (Lipinski definition) is 1. The van der Waals surface area contributed by atoms with Gasteiger partial charge in [-0.2, -0.15) is 0 Å². The van der Waals surface area contributed by atoms with E-state index in [2.05, 4.69) is 44.3 Å². The number of methoxy groups -OCH3 is 1. The molecule has 1 N–H and O–H groups in total. The fraction of sp³-hybridized carbons (Fsp3) is 0.455. The lowest BCUT2D eigenvalue weighted by atomic mass is 10.2. The van der Waals surface area contributed by atoms with Crippen molar-refractivity contribution in [1.29, 1.82) is 0 Å². The summed E-state index contributed by atoms with van der Waals surface area (Å²) in [5, 5.41) is 3.52. The van der Waals surface area contributed by atoms with E-state index < -0.39 is 0 Å². The number of benzene rings is 2. The molecular weight excluding hydrogens is 420 g/mol. The Morgan fingerprint density at radius 2 is 1.89 bits per heavy atom. The standard InChI is InChI=1S/C22H29BrN2O3/c1-26-21-15-19(16-24-8-5-9-25-10-12-27-13-11-25)14-20(23)22(21)28-17-18-6-3-2-4-7-18/h2-4,6-7,14-15,24H,5,8-13,16-17H2,1H3. The summed E-state index contributed by atoms with van der Waals surface area (Å²) in [5.41, 5.74) is 2.30. The third-order valence-corrected chi connectivity index (χ3v) is 5.36. The molecule has 0 aliphatic carbocycles. The van der Waals surface area contributed by atoms with Crippen molar-refractivity contribution < 1.29 is 14.2 Å². The molecule has 0 bridgehead atoms. The topological polar surface area (TPSA) is 43.0 Å². The first-order valence-electron chi connectivity index (χ1n) is 9.80. The number of hydrogen-bond acceptors (Lipinski definition) is 5. The molecule has 1 aliphatic heterocycles. The van der Waals surface area contributed by atoms with E-state index >= 15 is 0 Å². The van der Waals surface area contributed by atoms with Crippen LogP contribution >= 0.6 is 15.9 Å². The molecular formula is C22H29BrN2O3. The highest BCUT2D eigenvalue weighted by molar-refractivity contribution is 9.10. The van der Waals surface area contributed by atoms with E-state index in [4.69, 9.17) is 14.2 Å². The molecule has 0 unspecified atom stereocenters. The number of rotatable bonds is 10. The maximum Gasteiger partial charge on any atom is 0.175 e. The van der Waals surface area contributed by atoms with Crippen molar-refractivity contribution in [2.75, 3.05) is 46.5 Å². The molecule has 5 nitrogen and oxygen atoms in total. The van der Waals surface area contributed by atoms with Gasteiger partial charge in [0.25, 0.3) is 0 Å². The van der Waals surface area contributed by atoms with E-state index in [1.165, 1.54) is 5.56 Å². The highest BCUT2D eigenvalue weighted by Gasteiger charge is 2.12. The monoisotopic (exact) mass is 448 g/mol. The first kappa shape index (κ1) is 21.1. The van der Waals surface area contributed by atoms with Crippen LogP contribution in [0.1, 0.15) is 17.5 Å². The van der Waals surface area contributed by atoms with Gasteiger partial charge in [0.2, 0.25) is 0 Å². The molecule has 0 radical (unpaired) electrons. The molecule has 152 valence electrons. The molecule has 1 fully saturated rings. The number of nitrogens with zero attached hydrogens (tertiary/aromatic N) is 1. The van der Waals surface area contributed by atoms with Gasteiger partial charge in [-0.1, -0.05) is 30.3 Å². The molecule has 2 aromatic rings. The molecule has 0 saturated carbocycles. The summed E-state index contributed by atoms with van der Waals surface area (Å²) in [6, 6.07) is 14.3. The largest absolute Gasteiger partial charge is 0.493 e. The van der Waals surface area contributed by atoms with Crippen molar-refractivity contribution in [3.05, 3.63) is 58.1 Å². The molecule has 1 aliphatic rings. The molecule has 0 spiro atoms. The van der Waals surface area contributed by atoms with Crippen LogP contribution < -0.4 is 14.8 Å². The maximum absolute atomic E-state index is 6.00. The Morgan fingerprint density at radius 3 is 2.64 bits per heavy atom. The molecule has 6 heteroatoms. The van der Waals surface area contributed by atoms with Crippen molar-refractivity contribution in [3.8, 4) is 11.5 Å². The van der Waals surface area contributed by atoms with Crippen LogP contribution in [-0.2, 0) is 17.9 Å². The van der Waals surface area contributed by atoms with Crippen LogP contribution in [0.3, 0.4) is 0 Å². The minimum absolute atomic E-state index is 0.509. The van der Waals surface area contributed by atoms with E-state index in [9.17, 15) is 0 Å². The molecule has 0 atom stereocenters. The molecule has 28 heavy (non-hydrogen) atoms. The van der Waals surface area contributed by atoms with E-state index in [0.29, 0.717) is 6.61 Å². The van der Waals surface area contributed by atoms with Crippen LogP contribution in [0.2, 0.25) is 0 Å². The van der Waals surface area contributed by atoms with Crippen LogP contribution in [-0.4, -0.2) is 51.4 Å². The zero-order valence-corrected chi connectivity index (χ0v) is 18.0. The highest BCUT2D eigenvalue weighted by Crippen LogP contribution is 2.37. The Morgan fingerprint density at radius 1 is 1.11 bits per heavy atom. The second-order valence-electron chi connectivity index (χ2n) is 6.87. The van der Waals surface area contributed by atoms with E-state index in [0.717, 1.165) is 73.9 Å². The van der Waals surface area contributed by atoms with Crippen molar-refractivity contribution in [3.63, 3.8) is 0 Å². The number of morpholine rings is 1. The van der Waals surface area contributed by atoms with Gasteiger partial charge in [0.1, 0.15) is 6.61 Å². The zero-order chi connectivity index (χ0) is 19.6. The van der Waals surface area contributed by atoms with Crippen LogP contribution in [0.4, 0.5) is 0 Å². The predicted octanol–water partition coefficient (Wildman–Crippen LogP) is 3.85. The molecule has 3 rings (SSSR count). The van der Waals surface area contributed by atoms with Gasteiger partial charge in [-0.15, -0.1) is 0 Å². The summed E-state index contributed by atoms with van der Waals surface area (Å²) in [6.45, 7) is 7.24. The first-order chi connectivity index (χ1) is 13.8. The van der Waals surface area contributed by atoms with Crippen LogP contribution in [0.25, 0.3) is 0 Å². The molecule has 1 heterocycles. The predicted molar refractivity (Wildman–Crippen MR) is 115 cm³/mol. The number of ether oxygens (including phenoxy) is 3.